The van der Waals surface area contributed by atoms with Gasteiger partial charge in [0.1, 0.15) is 0 Å². The Morgan fingerprint density at radius 2 is 0.597 bits per heavy atom. The van der Waals surface area contributed by atoms with Crippen LogP contribution in [0.15, 0.2) is 273 Å². The van der Waals surface area contributed by atoms with Crippen molar-refractivity contribution >= 4 is 32.6 Å². The molecule has 0 radical (unpaired) electrons. The van der Waals surface area contributed by atoms with Crippen LogP contribution in [0.25, 0.3) is 127 Å². The van der Waals surface area contributed by atoms with Gasteiger partial charge in [-0.2, -0.15) is 0 Å². The van der Waals surface area contributed by atoms with Gasteiger partial charge >= 0.3 is 0 Å². The molecule has 0 bridgehead atoms. The van der Waals surface area contributed by atoms with Gasteiger partial charge in [-0.3, -0.25) is 0 Å². The summed E-state index contributed by atoms with van der Waals surface area (Å²) in [5.74, 6) is 0. The minimum Gasteiger partial charge on any atom is -0.309 e. The second-order valence-corrected chi connectivity index (χ2v) is 19.3. The van der Waals surface area contributed by atoms with Gasteiger partial charge in [0.2, 0.25) is 0 Å². The number of aromatic nitrogens is 1. The van der Waals surface area contributed by atoms with Crippen LogP contribution in [0, 0.1) is 0 Å². The monoisotopic (exact) mass is 913 g/mol. The van der Waals surface area contributed by atoms with Crippen LogP contribution in [0.3, 0.4) is 0 Å². The van der Waals surface area contributed by atoms with Crippen molar-refractivity contribution in [2.45, 2.75) is 6.42 Å². The van der Waals surface area contributed by atoms with E-state index < -0.39 is 0 Å². The van der Waals surface area contributed by atoms with Gasteiger partial charge in [0.05, 0.1) is 11.0 Å². The highest BCUT2D eigenvalue weighted by molar-refractivity contribution is 6.12. The van der Waals surface area contributed by atoms with Gasteiger partial charge in [-0.15, -0.1) is 0 Å². The van der Waals surface area contributed by atoms with Crippen molar-refractivity contribution in [2.75, 3.05) is 0 Å². The molecule has 1 nitrogen and oxygen atoms in total. The van der Waals surface area contributed by atoms with Crippen LogP contribution < -0.4 is 0 Å². The lowest BCUT2D eigenvalue weighted by atomic mass is 9.95. The standard InChI is InChI=1S/C71H47N/c1-3-10-47(11-4-1)49-18-22-51(23-19-49)53-26-30-55(31-27-53)58-35-40-70-68(45-58)69-46-59(56-32-28-54(29-33-56)52-24-20-50(21-25-52)48-12-5-2-6-13-48)36-41-71(69)72(70)63-37-39-67-62(44-63)43-61-42-60(34-38-66(61)67)65-17-9-15-57-14-7-8-16-64(57)65/h1-42,44-46H,43H2. The first kappa shape index (κ1) is 41.7. The number of fused-ring (bicyclic) bond motifs is 7. The minimum absolute atomic E-state index is 0.906. The summed E-state index contributed by atoms with van der Waals surface area (Å²) in [4.78, 5) is 0. The summed E-state index contributed by atoms with van der Waals surface area (Å²) in [7, 11) is 0. The van der Waals surface area contributed by atoms with E-state index in [1.165, 1.54) is 138 Å². The zero-order valence-corrected chi connectivity index (χ0v) is 39.6. The Kier molecular flexibility index (Phi) is 10.00. The maximum Gasteiger partial charge on any atom is 0.0541 e. The number of hydrogen-bond acceptors (Lipinski definition) is 0. The van der Waals surface area contributed by atoms with Crippen LogP contribution in [0.1, 0.15) is 11.1 Å². The van der Waals surface area contributed by atoms with Crippen molar-refractivity contribution in [3.05, 3.63) is 284 Å². The molecule has 0 N–H and O–H groups in total. The Morgan fingerprint density at radius 1 is 0.222 bits per heavy atom. The lowest BCUT2D eigenvalue weighted by Gasteiger charge is -2.11. The molecule has 1 aliphatic carbocycles. The second kappa shape index (κ2) is 17.3. The van der Waals surface area contributed by atoms with Gasteiger partial charge in [0.25, 0.3) is 0 Å². The fraction of sp³-hybridized carbons (Fsp3) is 0.0141. The number of nitrogens with zero attached hydrogens (tertiary/aromatic N) is 1. The molecule has 0 spiro atoms. The van der Waals surface area contributed by atoms with Crippen molar-refractivity contribution in [2.24, 2.45) is 0 Å². The van der Waals surface area contributed by atoms with Crippen molar-refractivity contribution in [1.29, 1.82) is 0 Å². The van der Waals surface area contributed by atoms with Crippen molar-refractivity contribution in [1.82, 2.24) is 4.57 Å². The molecular formula is C71H47N. The zero-order valence-electron chi connectivity index (χ0n) is 39.6. The van der Waals surface area contributed by atoms with E-state index in [-0.39, 0.29) is 0 Å². The molecule has 0 saturated carbocycles. The molecule has 0 amide bonds. The maximum absolute atomic E-state index is 2.48. The topological polar surface area (TPSA) is 4.93 Å². The summed E-state index contributed by atoms with van der Waals surface area (Å²) >= 11 is 0. The average molecular weight is 914 g/mol. The Bertz CT molecular complexity index is 3970. The average Bonchev–Trinajstić information content (AvgIpc) is 3.99. The first-order valence-corrected chi connectivity index (χ1v) is 25.0. The SMILES string of the molecule is c1ccc(-c2ccc(-c3ccc(-c4ccc5c(c4)c4cc(-c6ccc(-c7ccc(-c8ccccc8)cc7)cc6)ccc4n5-c4ccc5c(c4)Cc4cc(-c6cccc7ccccc67)ccc4-5)cc3)cc2)cc1. The molecule has 0 atom stereocenters. The molecule has 0 aliphatic heterocycles. The van der Waals surface area contributed by atoms with E-state index in [0.717, 1.165) is 6.42 Å². The molecule has 1 aromatic heterocycles. The molecule has 72 heavy (non-hydrogen) atoms. The minimum atomic E-state index is 0.906. The number of rotatable bonds is 8. The molecule has 0 unspecified atom stereocenters. The largest absolute Gasteiger partial charge is 0.309 e. The Hall–Kier alpha value is -9.30. The Morgan fingerprint density at radius 3 is 1.10 bits per heavy atom. The van der Waals surface area contributed by atoms with Crippen molar-refractivity contribution in [3.8, 4) is 94.7 Å². The quantitative estimate of drug-likeness (QED) is 0.143. The van der Waals surface area contributed by atoms with E-state index in [1.807, 2.05) is 0 Å². The fourth-order valence-corrected chi connectivity index (χ4v) is 11.3. The molecule has 1 aliphatic rings. The van der Waals surface area contributed by atoms with Crippen molar-refractivity contribution < 1.29 is 0 Å². The van der Waals surface area contributed by atoms with Gasteiger partial charge in [-0.1, -0.05) is 237 Å². The molecule has 1 heteroatoms. The molecule has 12 aromatic carbocycles. The summed E-state index contributed by atoms with van der Waals surface area (Å²) in [5, 5.41) is 5.04. The van der Waals surface area contributed by atoms with Gasteiger partial charge in [-0.05, 0) is 154 Å². The summed E-state index contributed by atoms with van der Waals surface area (Å²) in [5.41, 5.74) is 26.1. The van der Waals surface area contributed by atoms with E-state index >= 15 is 0 Å². The van der Waals surface area contributed by atoms with Gasteiger partial charge in [-0.25, -0.2) is 0 Å². The molecule has 1 heterocycles. The van der Waals surface area contributed by atoms with Crippen LogP contribution >= 0.6 is 0 Å². The van der Waals surface area contributed by atoms with Crippen LogP contribution in [0.2, 0.25) is 0 Å². The van der Waals surface area contributed by atoms with Crippen LogP contribution in [-0.2, 0) is 6.42 Å². The first-order chi connectivity index (χ1) is 35.6. The van der Waals surface area contributed by atoms with Gasteiger partial charge in [0.15, 0.2) is 0 Å². The number of hydrogen-bond donors (Lipinski definition) is 0. The van der Waals surface area contributed by atoms with E-state index in [4.69, 9.17) is 0 Å². The van der Waals surface area contributed by atoms with Crippen LogP contribution in [0.4, 0.5) is 0 Å². The summed E-state index contributed by atoms with van der Waals surface area (Å²) < 4.78 is 2.48. The molecule has 13 aromatic rings. The highest BCUT2D eigenvalue weighted by atomic mass is 15.0. The van der Waals surface area contributed by atoms with E-state index in [1.54, 1.807) is 0 Å². The third kappa shape index (κ3) is 7.34. The molecular weight excluding hydrogens is 867 g/mol. The Labute approximate surface area is 420 Å². The highest BCUT2D eigenvalue weighted by Crippen LogP contribution is 2.43. The van der Waals surface area contributed by atoms with Crippen LogP contribution in [-0.4, -0.2) is 4.57 Å². The van der Waals surface area contributed by atoms with Gasteiger partial charge < -0.3 is 4.57 Å². The summed E-state index contributed by atoms with van der Waals surface area (Å²) in [6.07, 6.45) is 0.906. The highest BCUT2D eigenvalue weighted by Gasteiger charge is 2.22. The number of benzene rings is 12. The summed E-state index contributed by atoms with van der Waals surface area (Å²) in [6, 6.07) is 101. The third-order valence-electron chi connectivity index (χ3n) is 15.1. The Balaban J connectivity index is 0.827. The maximum atomic E-state index is 2.48. The second-order valence-electron chi connectivity index (χ2n) is 19.3. The predicted octanol–water partition coefficient (Wildman–Crippen LogP) is 19.2. The lowest BCUT2D eigenvalue weighted by Crippen LogP contribution is -1.95. The zero-order chi connectivity index (χ0) is 47.5. The van der Waals surface area contributed by atoms with E-state index in [0.29, 0.717) is 0 Å². The predicted molar refractivity (Wildman–Crippen MR) is 305 cm³/mol. The first-order valence-electron chi connectivity index (χ1n) is 25.0. The fourth-order valence-electron chi connectivity index (χ4n) is 11.3. The summed E-state index contributed by atoms with van der Waals surface area (Å²) in [6.45, 7) is 0. The smallest absolute Gasteiger partial charge is 0.0541 e. The normalized spacial score (nSPS) is 11.8. The molecule has 14 rings (SSSR count). The van der Waals surface area contributed by atoms with E-state index in [2.05, 4.69) is 278 Å². The third-order valence-corrected chi connectivity index (χ3v) is 15.1. The van der Waals surface area contributed by atoms with Crippen LogP contribution in [0.5, 0.6) is 0 Å². The van der Waals surface area contributed by atoms with Gasteiger partial charge in [0, 0.05) is 16.5 Å². The molecule has 336 valence electrons. The molecule has 0 saturated heterocycles. The molecule has 0 fully saturated rings. The lowest BCUT2D eigenvalue weighted by molar-refractivity contribution is 1.16. The van der Waals surface area contributed by atoms with Crippen molar-refractivity contribution in [3.63, 3.8) is 0 Å². The van der Waals surface area contributed by atoms with E-state index in [9.17, 15) is 0 Å².